The maximum Gasteiger partial charge on any atom is 0.341 e. The van der Waals surface area contributed by atoms with Gasteiger partial charge < -0.3 is 19.5 Å². The Hall–Kier alpha value is -3.45. The molecule has 1 aliphatic heterocycles. The molecule has 0 saturated heterocycles. The van der Waals surface area contributed by atoms with E-state index >= 15 is 0 Å². The van der Waals surface area contributed by atoms with Crippen molar-refractivity contribution in [3.63, 3.8) is 0 Å². The van der Waals surface area contributed by atoms with Crippen LogP contribution in [0.25, 0.3) is 0 Å². The van der Waals surface area contributed by atoms with Crippen LogP contribution < -0.4 is 14.4 Å². The molecular weight excluding hydrogens is 426 g/mol. The van der Waals surface area contributed by atoms with Crippen LogP contribution in [0, 0.1) is 0 Å². The molecule has 0 fully saturated rings. The number of thioether (sulfide) groups is 1. The first kappa shape index (κ1) is 21.8. The summed E-state index contributed by atoms with van der Waals surface area (Å²) in [4.78, 5) is 26.5. The molecule has 7 heteroatoms. The van der Waals surface area contributed by atoms with Crippen molar-refractivity contribution >= 4 is 29.3 Å². The third kappa shape index (κ3) is 4.89. The summed E-state index contributed by atoms with van der Waals surface area (Å²) in [6, 6.07) is 20.8. The smallest absolute Gasteiger partial charge is 0.341 e. The summed E-state index contributed by atoms with van der Waals surface area (Å²) in [5, 5.41) is 8.75. The van der Waals surface area contributed by atoms with E-state index in [4.69, 9.17) is 14.6 Å². The molecule has 3 aromatic rings. The molecule has 0 saturated carbocycles. The maximum absolute atomic E-state index is 13.0. The van der Waals surface area contributed by atoms with Gasteiger partial charge in [-0.1, -0.05) is 18.2 Å². The van der Waals surface area contributed by atoms with Gasteiger partial charge in [0.25, 0.3) is 5.91 Å². The molecule has 0 spiro atoms. The quantitative estimate of drug-likeness (QED) is 0.479. The highest BCUT2D eigenvalue weighted by Crippen LogP contribution is 2.34. The largest absolute Gasteiger partial charge is 0.493 e. The van der Waals surface area contributed by atoms with Gasteiger partial charge in [0.05, 0.1) is 13.2 Å². The predicted octanol–water partition coefficient (Wildman–Crippen LogP) is 4.65. The first-order valence-corrected chi connectivity index (χ1v) is 11.4. The Morgan fingerprint density at radius 3 is 2.59 bits per heavy atom. The second kappa shape index (κ2) is 9.78. The SMILES string of the molecule is CSc1ccc(N2Cc3c(OCCc4cccc(OCC(=O)O)c4)cccc3C2=O)cc1. The predicted molar refractivity (Wildman–Crippen MR) is 124 cm³/mol. The van der Waals surface area contributed by atoms with Crippen molar-refractivity contribution in [1.82, 2.24) is 0 Å². The zero-order chi connectivity index (χ0) is 22.5. The minimum absolute atomic E-state index is 0.0226. The Kier molecular flexibility index (Phi) is 6.66. The third-order valence-electron chi connectivity index (χ3n) is 5.22. The van der Waals surface area contributed by atoms with Crippen LogP contribution in [0.5, 0.6) is 11.5 Å². The molecule has 1 heterocycles. The standard InChI is InChI=1S/C25H23NO5S/c1-32-20-10-8-18(9-11-20)26-15-22-21(25(26)29)6-3-7-23(22)30-13-12-17-4-2-5-19(14-17)31-16-24(27)28/h2-11,14H,12-13,15-16H2,1H3,(H,27,28). The molecule has 4 rings (SSSR count). The molecule has 0 aliphatic carbocycles. The van der Waals surface area contributed by atoms with Crippen LogP contribution in [0.15, 0.2) is 71.6 Å². The van der Waals surface area contributed by atoms with Crippen LogP contribution in [-0.2, 0) is 17.8 Å². The number of aliphatic carboxylic acids is 1. The van der Waals surface area contributed by atoms with Gasteiger partial charge in [-0.15, -0.1) is 11.8 Å². The van der Waals surface area contributed by atoms with Gasteiger partial charge in [-0.3, -0.25) is 4.79 Å². The Morgan fingerprint density at radius 2 is 1.84 bits per heavy atom. The lowest BCUT2D eigenvalue weighted by Crippen LogP contribution is -2.22. The Morgan fingerprint density at radius 1 is 1.06 bits per heavy atom. The van der Waals surface area contributed by atoms with Crippen LogP contribution in [-0.4, -0.2) is 36.5 Å². The summed E-state index contributed by atoms with van der Waals surface area (Å²) in [5.41, 5.74) is 3.41. The fourth-order valence-electron chi connectivity index (χ4n) is 3.63. The number of rotatable bonds is 9. The number of benzene rings is 3. The number of carboxylic acids is 1. The average Bonchev–Trinajstić information content (AvgIpc) is 3.15. The number of anilines is 1. The number of nitrogens with zero attached hydrogens (tertiary/aromatic N) is 1. The van der Waals surface area contributed by atoms with Crippen LogP contribution in [0.2, 0.25) is 0 Å². The van der Waals surface area contributed by atoms with Gasteiger partial charge >= 0.3 is 5.97 Å². The van der Waals surface area contributed by atoms with Gasteiger partial charge in [-0.25, -0.2) is 4.79 Å². The van der Waals surface area contributed by atoms with Gasteiger partial charge in [0, 0.05) is 28.1 Å². The summed E-state index contributed by atoms with van der Waals surface area (Å²) < 4.78 is 11.3. The molecule has 1 aliphatic rings. The molecule has 0 bridgehead atoms. The Balaban J connectivity index is 1.41. The van der Waals surface area contributed by atoms with E-state index in [1.807, 2.05) is 66.9 Å². The van der Waals surface area contributed by atoms with Crippen molar-refractivity contribution in [3.05, 3.63) is 83.4 Å². The number of ether oxygens (including phenoxy) is 2. The summed E-state index contributed by atoms with van der Waals surface area (Å²) in [6.45, 7) is 0.525. The number of hydrogen-bond donors (Lipinski definition) is 1. The van der Waals surface area contributed by atoms with E-state index in [-0.39, 0.29) is 12.5 Å². The monoisotopic (exact) mass is 449 g/mol. The highest BCUT2D eigenvalue weighted by atomic mass is 32.2. The third-order valence-corrected chi connectivity index (χ3v) is 5.96. The molecule has 0 aromatic heterocycles. The zero-order valence-corrected chi connectivity index (χ0v) is 18.4. The van der Waals surface area contributed by atoms with Crippen molar-refractivity contribution in [2.45, 2.75) is 17.9 Å². The molecular formula is C25H23NO5S. The van der Waals surface area contributed by atoms with Crippen molar-refractivity contribution < 1.29 is 24.2 Å². The minimum atomic E-state index is -1.01. The first-order valence-electron chi connectivity index (χ1n) is 10.2. The van der Waals surface area contributed by atoms with E-state index < -0.39 is 5.97 Å². The lowest BCUT2D eigenvalue weighted by Gasteiger charge is -2.16. The fraction of sp³-hybridized carbons (Fsp3) is 0.200. The summed E-state index contributed by atoms with van der Waals surface area (Å²) in [6.07, 6.45) is 2.65. The molecule has 0 radical (unpaired) electrons. The van der Waals surface area contributed by atoms with Crippen LogP contribution in [0.3, 0.4) is 0 Å². The van der Waals surface area contributed by atoms with Gasteiger partial charge in [0.15, 0.2) is 6.61 Å². The van der Waals surface area contributed by atoms with Crippen LogP contribution in [0.1, 0.15) is 21.5 Å². The van der Waals surface area contributed by atoms with E-state index in [2.05, 4.69) is 0 Å². The van der Waals surface area contributed by atoms with E-state index in [1.165, 1.54) is 0 Å². The van der Waals surface area contributed by atoms with E-state index in [0.29, 0.717) is 36.6 Å². The fourth-order valence-corrected chi connectivity index (χ4v) is 4.03. The molecule has 6 nitrogen and oxygen atoms in total. The van der Waals surface area contributed by atoms with Gasteiger partial charge in [0.1, 0.15) is 11.5 Å². The van der Waals surface area contributed by atoms with Crippen molar-refractivity contribution in [1.29, 1.82) is 0 Å². The molecule has 0 atom stereocenters. The maximum atomic E-state index is 13.0. The van der Waals surface area contributed by atoms with Gasteiger partial charge in [-0.2, -0.15) is 0 Å². The summed E-state index contributed by atoms with van der Waals surface area (Å²) >= 11 is 1.67. The highest BCUT2D eigenvalue weighted by Gasteiger charge is 2.30. The Labute approximate surface area is 190 Å². The molecule has 3 aromatic carbocycles. The van der Waals surface area contributed by atoms with Gasteiger partial charge in [-0.05, 0) is 60.4 Å². The summed E-state index contributed by atoms with van der Waals surface area (Å²) in [5.74, 6) is 0.183. The normalized spacial score (nSPS) is 12.5. The zero-order valence-electron chi connectivity index (χ0n) is 17.6. The molecule has 0 unspecified atom stereocenters. The van der Waals surface area contributed by atoms with Gasteiger partial charge in [0.2, 0.25) is 0 Å². The number of fused-ring (bicyclic) bond motifs is 1. The number of carbonyl (C=O) groups is 2. The number of carbonyl (C=O) groups excluding carboxylic acids is 1. The second-order valence-electron chi connectivity index (χ2n) is 7.30. The van der Waals surface area contributed by atoms with E-state index in [1.54, 1.807) is 22.7 Å². The highest BCUT2D eigenvalue weighted by molar-refractivity contribution is 7.98. The van der Waals surface area contributed by atoms with E-state index in [0.717, 1.165) is 21.7 Å². The average molecular weight is 450 g/mol. The summed E-state index contributed by atoms with van der Waals surface area (Å²) in [7, 11) is 0. The second-order valence-corrected chi connectivity index (χ2v) is 8.18. The van der Waals surface area contributed by atoms with Crippen LogP contribution >= 0.6 is 11.8 Å². The van der Waals surface area contributed by atoms with Crippen LogP contribution in [0.4, 0.5) is 5.69 Å². The number of carboxylic acid groups (broad SMARTS) is 1. The number of hydrogen-bond acceptors (Lipinski definition) is 5. The van der Waals surface area contributed by atoms with E-state index in [9.17, 15) is 9.59 Å². The van der Waals surface area contributed by atoms with Crippen molar-refractivity contribution in [3.8, 4) is 11.5 Å². The molecule has 32 heavy (non-hydrogen) atoms. The molecule has 1 amide bonds. The van der Waals surface area contributed by atoms with Crippen molar-refractivity contribution in [2.75, 3.05) is 24.4 Å². The minimum Gasteiger partial charge on any atom is -0.493 e. The number of amides is 1. The lowest BCUT2D eigenvalue weighted by atomic mass is 10.1. The molecule has 164 valence electrons. The van der Waals surface area contributed by atoms with Crippen molar-refractivity contribution in [2.24, 2.45) is 0 Å². The lowest BCUT2D eigenvalue weighted by molar-refractivity contribution is -0.139. The first-order chi connectivity index (χ1) is 15.5. The topological polar surface area (TPSA) is 76.1 Å². The Bertz CT molecular complexity index is 1130. The molecule has 1 N–H and O–H groups in total.